The molecule has 0 unspecified atom stereocenters. The van der Waals surface area contributed by atoms with E-state index in [-0.39, 0.29) is 10.8 Å². The monoisotopic (exact) mass is 489 g/mol. The number of ether oxygens (including phenoxy) is 2. The molecule has 1 fully saturated rings. The van der Waals surface area contributed by atoms with Gasteiger partial charge in [-0.1, -0.05) is 23.7 Å². The van der Waals surface area contributed by atoms with Crippen molar-refractivity contribution in [2.45, 2.75) is 37.6 Å². The van der Waals surface area contributed by atoms with Crippen LogP contribution in [0, 0.1) is 6.92 Å². The summed E-state index contributed by atoms with van der Waals surface area (Å²) in [5, 5.41) is 39.6. The first-order valence-electron chi connectivity index (χ1n) is 10.8. The number of hydrogen-bond donors (Lipinski definition) is 5. The Morgan fingerprint density at radius 3 is 2.32 bits per heavy atom. The Bertz CT molecular complexity index is 1130. The highest BCUT2D eigenvalue weighted by Crippen LogP contribution is 2.34. The van der Waals surface area contributed by atoms with Crippen LogP contribution in [0.15, 0.2) is 42.5 Å². The van der Waals surface area contributed by atoms with Crippen molar-refractivity contribution in [1.82, 2.24) is 9.97 Å². The van der Waals surface area contributed by atoms with Crippen molar-refractivity contribution in [3.63, 3.8) is 0 Å². The number of aryl methyl sites for hydroxylation is 1. The third kappa shape index (κ3) is 4.76. The summed E-state index contributed by atoms with van der Waals surface area (Å²) in [4.78, 5) is 10.1. The van der Waals surface area contributed by atoms with Gasteiger partial charge >= 0.3 is 0 Å². The first-order valence-corrected chi connectivity index (χ1v) is 11.2. The summed E-state index contributed by atoms with van der Waals surface area (Å²) in [6.45, 7) is 1.40. The molecule has 34 heavy (non-hydrogen) atoms. The average Bonchev–Trinajstić information content (AvgIpc) is 3.22. The van der Waals surface area contributed by atoms with E-state index in [1.807, 2.05) is 50.2 Å². The third-order valence-electron chi connectivity index (χ3n) is 5.84. The fourth-order valence-corrected chi connectivity index (χ4v) is 4.05. The van der Waals surface area contributed by atoms with E-state index in [1.54, 1.807) is 18.2 Å². The summed E-state index contributed by atoms with van der Waals surface area (Å²) in [5.41, 5.74) is 4.55. The van der Waals surface area contributed by atoms with Gasteiger partial charge in [0.15, 0.2) is 0 Å². The van der Waals surface area contributed by atoms with E-state index in [2.05, 4.69) is 4.98 Å². The molecule has 10 heteroatoms. The molecule has 2 heterocycles. The fraction of sp³-hybridized carbons (Fsp3) is 0.375. The van der Waals surface area contributed by atoms with Crippen molar-refractivity contribution in [2.24, 2.45) is 0 Å². The molecule has 1 aromatic heterocycles. The zero-order valence-corrected chi connectivity index (χ0v) is 19.8. The molecule has 0 radical (unpaired) electrons. The van der Waals surface area contributed by atoms with Crippen LogP contribution in [0.4, 0.5) is 5.69 Å². The number of hydrogen-bond acceptors (Lipinski definition) is 8. The largest absolute Gasteiger partial charge is 0.460 e. The predicted molar refractivity (Wildman–Crippen MR) is 128 cm³/mol. The molecular weight excluding hydrogens is 462 g/mol. The Kier molecular flexibility index (Phi) is 7.13. The van der Waals surface area contributed by atoms with Gasteiger partial charge in [-0.25, -0.2) is 4.98 Å². The number of benzene rings is 2. The van der Waals surface area contributed by atoms with Crippen molar-refractivity contribution in [3.05, 3.63) is 53.2 Å². The average molecular weight is 490 g/mol. The van der Waals surface area contributed by atoms with Gasteiger partial charge in [-0.2, -0.15) is 0 Å². The van der Waals surface area contributed by atoms with Gasteiger partial charge in [0.05, 0.1) is 17.3 Å². The van der Waals surface area contributed by atoms with E-state index in [9.17, 15) is 20.4 Å². The van der Waals surface area contributed by atoms with Crippen LogP contribution in [0.2, 0.25) is 5.02 Å². The van der Waals surface area contributed by atoms with Gasteiger partial charge < -0.3 is 39.8 Å². The number of H-pyrrole nitrogens is 1. The predicted octanol–water partition coefficient (Wildman–Crippen LogP) is 1.95. The van der Waals surface area contributed by atoms with E-state index in [0.29, 0.717) is 5.82 Å². The topological polar surface area (TPSA) is 131 Å². The smallest absolute Gasteiger partial charge is 0.229 e. The summed E-state index contributed by atoms with van der Waals surface area (Å²) in [6, 6.07) is 13.1. The van der Waals surface area contributed by atoms with Crippen LogP contribution in [-0.4, -0.2) is 81.8 Å². The van der Waals surface area contributed by atoms with E-state index in [4.69, 9.17) is 26.1 Å². The molecule has 2 aromatic carbocycles. The van der Waals surface area contributed by atoms with Crippen LogP contribution in [0.5, 0.6) is 5.75 Å². The molecule has 0 spiro atoms. The molecule has 4 rings (SSSR count). The summed E-state index contributed by atoms with van der Waals surface area (Å²) >= 11 is 6.42. The van der Waals surface area contributed by atoms with Crippen LogP contribution in [0.3, 0.4) is 0 Å². The maximum absolute atomic E-state index is 10.2. The van der Waals surface area contributed by atoms with Crippen LogP contribution in [0.25, 0.3) is 22.6 Å². The highest BCUT2D eigenvalue weighted by Gasteiger charge is 2.44. The van der Waals surface area contributed by atoms with Gasteiger partial charge in [0, 0.05) is 36.6 Å². The SMILES string of the molecule is Cc1[nH]c(-c2ccc(O[C@@H]3O[C@H](CO)[C@H](O)[C@H](O)[C@H]3O)c(Cl)c2)nc1-c1ccc(N(C)C)cc1. The molecule has 1 aliphatic rings. The van der Waals surface area contributed by atoms with E-state index in [1.165, 1.54) is 0 Å². The van der Waals surface area contributed by atoms with E-state index in [0.717, 1.165) is 28.2 Å². The number of aromatic amines is 1. The molecule has 182 valence electrons. The highest BCUT2D eigenvalue weighted by atomic mass is 35.5. The number of halogens is 1. The third-order valence-corrected chi connectivity index (χ3v) is 6.13. The number of aromatic nitrogens is 2. The molecule has 5 N–H and O–H groups in total. The number of nitrogens with one attached hydrogen (secondary N) is 1. The maximum Gasteiger partial charge on any atom is 0.229 e. The lowest BCUT2D eigenvalue weighted by Crippen LogP contribution is -2.60. The normalized spacial score (nSPS) is 24.8. The zero-order valence-electron chi connectivity index (χ0n) is 19.0. The Hall–Kier alpha value is -2.66. The maximum atomic E-state index is 10.2. The Labute approximate surface area is 202 Å². The van der Waals surface area contributed by atoms with Gasteiger partial charge in [0.25, 0.3) is 0 Å². The van der Waals surface area contributed by atoms with Crippen molar-refractivity contribution >= 4 is 17.3 Å². The molecule has 0 amide bonds. The number of anilines is 1. The minimum atomic E-state index is -1.54. The quantitative estimate of drug-likeness (QED) is 0.355. The van der Waals surface area contributed by atoms with Crippen molar-refractivity contribution < 1.29 is 29.9 Å². The lowest BCUT2D eigenvalue weighted by molar-refractivity contribution is -0.277. The molecule has 0 saturated carbocycles. The van der Waals surface area contributed by atoms with Gasteiger partial charge in [-0.15, -0.1) is 0 Å². The van der Waals surface area contributed by atoms with Gasteiger partial charge in [-0.05, 0) is 37.3 Å². The Balaban J connectivity index is 1.54. The summed E-state index contributed by atoms with van der Waals surface area (Å²) < 4.78 is 11.0. The number of nitrogens with zero attached hydrogens (tertiary/aromatic N) is 2. The first kappa shape index (κ1) is 24.5. The minimum absolute atomic E-state index is 0.206. The number of imidazole rings is 1. The standard InChI is InChI=1S/C24H28ClN3O6/c1-12-19(13-4-7-15(8-5-13)28(2)3)27-23(26-12)14-6-9-17(16(25)10-14)33-24-22(32)21(31)20(30)18(11-29)34-24/h4-10,18,20-22,24,29-32H,11H2,1-3H3,(H,26,27)/t18-,20+,21+,22-,24-/m1/s1. The summed E-state index contributed by atoms with van der Waals surface area (Å²) in [7, 11) is 3.98. The van der Waals surface area contributed by atoms with Gasteiger partial charge in [-0.3, -0.25) is 0 Å². The zero-order chi connectivity index (χ0) is 24.6. The molecule has 0 aliphatic carbocycles. The van der Waals surface area contributed by atoms with Crippen LogP contribution in [-0.2, 0) is 4.74 Å². The van der Waals surface area contributed by atoms with Gasteiger partial charge in [0.2, 0.25) is 6.29 Å². The van der Waals surface area contributed by atoms with Crippen LogP contribution in [0.1, 0.15) is 5.69 Å². The van der Waals surface area contributed by atoms with Crippen molar-refractivity contribution in [3.8, 4) is 28.4 Å². The Morgan fingerprint density at radius 1 is 1.03 bits per heavy atom. The molecule has 0 bridgehead atoms. The fourth-order valence-electron chi connectivity index (χ4n) is 3.83. The lowest BCUT2D eigenvalue weighted by Gasteiger charge is -2.39. The number of aliphatic hydroxyl groups excluding tert-OH is 4. The molecular formula is C24H28ClN3O6. The second-order valence-electron chi connectivity index (χ2n) is 8.46. The van der Waals surface area contributed by atoms with E-state index < -0.39 is 37.3 Å². The second kappa shape index (κ2) is 9.91. The van der Waals surface area contributed by atoms with Crippen molar-refractivity contribution in [2.75, 3.05) is 25.6 Å². The minimum Gasteiger partial charge on any atom is -0.460 e. The highest BCUT2D eigenvalue weighted by molar-refractivity contribution is 6.32. The van der Waals surface area contributed by atoms with Crippen LogP contribution >= 0.6 is 11.6 Å². The molecule has 1 aliphatic heterocycles. The van der Waals surface area contributed by atoms with Crippen LogP contribution < -0.4 is 9.64 Å². The number of rotatable bonds is 6. The molecule has 5 atom stereocenters. The molecule has 9 nitrogen and oxygen atoms in total. The van der Waals surface area contributed by atoms with Gasteiger partial charge in [0.1, 0.15) is 36.0 Å². The van der Waals surface area contributed by atoms with Crippen molar-refractivity contribution in [1.29, 1.82) is 0 Å². The molecule has 3 aromatic rings. The Morgan fingerprint density at radius 2 is 1.71 bits per heavy atom. The van der Waals surface area contributed by atoms with E-state index >= 15 is 0 Å². The summed E-state index contributed by atoms with van der Waals surface area (Å²) in [6.07, 6.45) is -6.92. The number of aliphatic hydroxyl groups is 4. The molecule has 1 saturated heterocycles. The summed E-state index contributed by atoms with van der Waals surface area (Å²) in [5.74, 6) is 0.836. The second-order valence-corrected chi connectivity index (χ2v) is 8.87. The first-order chi connectivity index (χ1) is 16.2. The lowest BCUT2D eigenvalue weighted by atomic mass is 9.99.